The number of nitrogens with zero attached hydrogens (tertiary/aromatic N) is 6. The smallest absolute Gasteiger partial charge is 0.406 e. The lowest BCUT2D eigenvalue weighted by Gasteiger charge is -2.35. The maximum absolute atomic E-state index is 12.7. The van der Waals surface area contributed by atoms with E-state index in [1.807, 2.05) is 30.2 Å². The zero-order valence-corrected chi connectivity index (χ0v) is 16.6. The Balaban J connectivity index is 1.41. The predicted octanol–water partition coefficient (Wildman–Crippen LogP) is 2.83. The fraction of sp³-hybridized carbons (Fsp3) is 0.300. The Morgan fingerprint density at radius 2 is 1.77 bits per heavy atom. The van der Waals surface area contributed by atoms with Gasteiger partial charge in [0, 0.05) is 44.0 Å². The average Bonchev–Trinajstić information content (AvgIpc) is 3.19. The van der Waals surface area contributed by atoms with E-state index in [1.165, 1.54) is 18.5 Å². The summed E-state index contributed by atoms with van der Waals surface area (Å²) < 4.78 is 42.9. The van der Waals surface area contributed by atoms with Gasteiger partial charge in [0.05, 0.1) is 5.69 Å². The molecule has 0 radical (unpaired) electrons. The Labute approximate surface area is 175 Å². The Morgan fingerprint density at radius 1 is 1.03 bits per heavy atom. The van der Waals surface area contributed by atoms with Gasteiger partial charge < -0.3 is 14.5 Å². The molecule has 0 atom stereocenters. The second kappa shape index (κ2) is 8.25. The zero-order valence-electron chi connectivity index (χ0n) is 16.6. The van der Waals surface area contributed by atoms with Crippen LogP contribution in [0.25, 0.3) is 5.82 Å². The second-order valence-electron chi connectivity index (χ2n) is 6.99. The summed E-state index contributed by atoms with van der Waals surface area (Å²) in [6.07, 6.45) is -1.53. The van der Waals surface area contributed by atoms with Gasteiger partial charge in [-0.2, -0.15) is 5.10 Å². The van der Waals surface area contributed by atoms with Crippen LogP contribution in [0.3, 0.4) is 0 Å². The molecule has 1 amide bonds. The van der Waals surface area contributed by atoms with Gasteiger partial charge in [-0.05, 0) is 31.2 Å². The normalized spacial score (nSPS) is 14.6. The van der Waals surface area contributed by atoms with Crippen LogP contribution in [-0.4, -0.2) is 63.1 Å². The molecule has 1 aliphatic rings. The van der Waals surface area contributed by atoms with E-state index in [9.17, 15) is 18.0 Å². The third kappa shape index (κ3) is 4.93. The molecule has 0 saturated carbocycles. The number of benzene rings is 1. The fourth-order valence-electron chi connectivity index (χ4n) is 3.33. The number of rotatable bonds is 4. The number of ether oxygens (including phenoxy) is 1. The molecule has 8 nitrogen and oxygen atoms in total. The van der Waals surface area contributed by atoms with E-state index in [-0.39, 0.29) is 11.5 Å². The molecule has 3 aromatic rings. The van der Waals surface area contributed by atoms with Crippen molar-refractivity contribution in [2.75, 3.05) is 31.1 Å². The van der Waals surface area contributed by atoms with Crippen LogP contribution < -0.4 is 9.64 Å². The number of alkyl halides is 3. The van der Waals surface area contributed by atoms with Crippen molar-refractivity contribution < 1.29 is 22.7 Å². The van der Waals surface area contributed by atoms with Gasteiger partial charge in [0.1, 0.15) is 17.9 Å². The SMILES string of the molecule is Cc1ccn(-c2cc(N3CCN(C(=O)c4cccc(OC(F)(F)F)c4)CC3)ncn2)n1. The van der Waals surface area contributed by atoms with Crippen LogP contribution in [0.15, 0.2) is 48.9 Å². The van der Waals surface area contributed by atoms with Crippen molar-refractivity contribution in [2.45, 2.75) is 13.3 Å². The van der Waals surface area contributed by atoms with Gasteiger partial charge in [0.2, 0.25) is 0 Å². The molecular formula is C20H19F3N6O2. The standard InChI is InChI=1S/C20H19F3N6O2/c1-14-5-6-29(26-14)18-12-17(24-13-25-18)27-7-9-28(10-8-27)19(30)15-3-2-4-16(11-15)31-20(21,22)23/h2-6,11-13H,7-10H2,1H3. The minimum atomic E-state index is -4.81. The first-order chi connectivity index (χ1) is 14.8. The van der Waals surface area contributed by atoms with Crippen molar-refractivity contribution in [3.8, 4) is 11.6 Å². The molecule has 31 heavy (non-hydrogen) atoms. The zero-order chi connectivity index (χ0) is 22.0. The lowest BCUT2D eigenvalue weighted by molar-refractivity contribution is -0.274. The van der Waals surface area contributed by atoms with Gasteiger partial charge >= 0.3 is 6.36 Å². The minimum absolute atomic E-state index is 0.147. The van der Waals surface area contributed by atoms with Gasteiger partial charge in [-0.15, -0.1) is 13.2 Å². The number of halogens is 3. The second-order valence-corrected chi connectivity index (χ2v) is 6.99. The molecule has 0 spiro atoms. The van der Waals surface area contributed by atoms with E-state index in [0.29, 0.717) is 37.8 Å². The topological polar surface area (TPSA) is 76.4 Å². The Hall–Kier alpha value is -3.63. The highest BCUT2D eigenvalue weighted by Crippen LogP contribution is 2.24. The lowest BCUT2D eigenvalue weighted by atomic mass is 10.1. The summed E-state index contributed by atoms with van der Waals surface area (Å²) in [4.78, 5) is 24.9. The molecule has 0 aliphatic carbocycles. The van der Waals surface area contributed by atoms with Crippen molar-refractivity contribution in [2.24, 2.45) is 0 Å². The summed E-state index contributed by atoms with van der Waals surface area (Å²) in [7, 11) is 0. The highest BCUT2D eigenvalue weighted by Gasteiger charge is 2.31. The summed E-state index contributed by atoms with van der Waals surface area (Å²) in [6, 6.07) is 8.80. The van der Waals surface area contributed by atoms with Crippen molar-refractivity contribution in [3.63, 3.8) is 0 Å². The van der Waals surface area contributed by atoms with E-state index in [4.69, 9.17) is 0 Å². The van der Waals surface area contributed by atoms with Crippen molar-refractivity contribution in [3.05, 3.63) is 60.2 Å². The van der Waals surface area contributed by atoms with Crippen LogP contribution in [0, 0.1) is 6.92 Å². The van der Waals surface area contributed by atoms with Gasteiger partial charge in [-0.25, -0.2) is 14.6 Å². The molecule has 1 aromatic carbocycles. The molecule has 0 N–H and O–H groups in total. The first-order valence-electron chi connectivity index (χ1n) is 9.53. The molecule has 162 valence electrons. The van der Waals surface area contributed by atoms with Gasteiger partial charge in [0.15, 0.2) is 5.82 Å². The number of aromatic nitrogens is 4. The number of anilines is 1. The van der Waals surface area contributed by atoms with E-state index in [1.54, 1.807) is 9.58 Å². The molecule has 0 bridgehead atoms. The monoisotopic (exact) mass is 432 g/mol. The highest BCUT2D eigenvalue weighted by atomic mass is 19.4. The molecule has 2 aromatic heterocycles. The van der Waals surface area contributed by atoms with Gasteiger partial charge in [-0.3, -0.25) is 4.79 Å². The van der Waals surface area contributed by atoms with Crippen LogP contribution >= 0.6 is 0 Å². The van der Waals surface area contributed by atoms with E-state index >= 15 is 0 Å². The van der Waals surface area contributed by atoms with E-state index in [2.05, 4.69) is 19.8 Å². The largest absolute Gasteiger partial charge is 0.573 e. The van der Waals surface area contributed by atoms with Crippen molar-refractivity contribution in [1.82, 2.24) is 24.6 Å². The quantitative estimate of drug-likeness (QED) is 0.631. The van der Waals surface area contributed by atoms with E-state index in [0.717, 1.165) is 17.8 Å². The number of carbonyl (C=O) groups is 1. The lowest BCUT2D eigenvalue weighted by Crippen LogP contribution is -2.49. The summed E-state index contributed by atoms with van der Waals surface area (Å²) in [5.74, 6) is 0.589. The average molecular weight is 432 g/mol. The third-order valence-corrected chi connectivity index (χ3v) is 4.80. The molecule has 11 heteroatoms. The summed E-state index contributed by atoms with van der Waals surface area (Å²) >= 11 is 0. The van der Waals surface area contributed by atoms with Crippen LogP contribution in [-0.2, 0) is 0 Å². The first-order valence-corrected chi connectivity index (χ1v) is 9.53. The number of hydrogen-bond donors (Lipinski definition) is 0. The minimum Gasteiger partial charge on any atom is -0.406 e. The number of aryl methyl sites for hydroxylation is 1. The van der Waals surface area contributed by atoms with Crippen LogP contribution in [0.1, 0.15) is 16.1 Å². The molecule has 0 unspecified atom stereocenters. The van der Waals surface area contributed by atoms with E-state index < -0.39 is 12.1 Å². The maximum atomic E-state index is 12.7. The Kier molecular flexibility index (Phi) is 5.49. The van der Waals surface area contributed by atoms with Crippen molar-refractivity contribution >= 4 is 11.7 Å². The molecular weight excluding hydrogens is 413 g/mol. The van der Waals surface area contributed by atoms with Crippen molar-refractivity contribution in [1.29, 1.82) is 0 Å². The van der Waals surface area contributed by atoms with Gasteiger partial charge in [0.25, 0.3) is 5.91 Å². The molecule has 4 rings (SSSR count). The Morgan fingerprint density at radius 3 is 2.45 bits per heavy atom. The number of amides is 1. The summed E-state index contributed by atoms with van der Waals surface area (Å²) in [6.45, 7) is 3.75. The van der Waals surface area contributed by atoms with Gasteiger partial charge in [-0.1, -0.05) is 6.07 Å². The van der Waals surface area contributed by atoms with Crippen LogP contribution in [0.2, 0.25) is 0 Å². The third-order valence-electron chi connectivity index (χ3n) is 4.80. The number of carbonyl (C=O) groups excluding carboxylic acids is 1. The van der Waals surface area contributed by atoms with Crippen LogP contribution in [0.4, 0.5) is 19.0 Å². The maximum Gasteiger partial charge on any atom is 0.573 e. The number of piperazine rings is 1. The molecule has 3 heterocycles. The summed E-state index contributed by atoms with van der Waals surface area (Å²) in [5, 5.41) is 4.34. The Bertz CT molecular complexity index is 1080. The molecule has 1 aliphatic heterocycles. The summed E-state index contributed by atoms with van der Waals surface area (Å²) in [5.41, 5.74) is 1.02. The fourth-order valence-corrected chi connectivity index (χ4v) is 3.33. The first kappa shape index (κ1) is 20.6. The van der Waals surface area contributed by atoms with Crippen LogP contribution in [0.5, 0.6) is 5.75 Å². The highest BCUT2D eigenvalue weighted by molar-refractivity contribution is 5.94. The molecule has 1 fully saturated rings. The predicted molar refractivity (Wildman–Crippen MR) is 105 cm³/mol. The number of hydrogen-bond acceptors (Lipinski definition) is 6. The molecule has 1 saturated heterocycles.